The summed E-state index contributed by atoms with van der Waals surface area (Å²) < 4.78 is 0.837. The number of carbonyl (C=O) groups excluding carboxylic acids is 3. The van der Waals surface area contributed by atoms with E-state index in [4.69, 9.17) is 4.98 Å². The van der Waals surface area contributed by atoms with Crippen LogP contribution < -0.4 is 16.0 Å². The number of hydrogen-bond donors (Lipinski definition) is 3. The zero-order valence-electron chi connectivity index (χ0n) is 26.8. The Morgan fingerprint density at radius 3 is 2.18 bits per heavy atom. The van der Waals surface area contributed by atoms with E-state index in [2.05, 4.69) is 31.9 Å². The topological polar surface area (TPSA) is 100 Å². The van der Waals surface area contributed by atoms with Crippen molar-refractivity contribution >= 4 is 73.6 Å². The van der Waals surface area contributed by atoms with Crippen molar-refractivity contribution in [3.05, 3.63) is 171 Å². The van der Waals surface area contributed by atoms with Gasteiger partial charge in [-0.3, -0.25) is 14.4 Å². The number of benzene rings is 5. The Morgan fingerprint density at radius 1 is 0.780 bits per heavy atom. The molecule has 7 nitrogen and oxygen atoms in total. The van der Waals surface area contributed by atoms with Crippen LogP contribution in [0.3, 0.4) is 0 Å². The van der Waals surface area contributed by atoms with E-state index in [-0.39, 0.29) is 11.6 Å². The highest BCUT2D eigenvalue weighted by Crippen LogP contribution is 2.38. The zero-order chi connectivity index (χ0) is 34.9. The summed E-state index contributed by atoms with van der Waals surface area (Å²) in [6.45, 7) is 1.99. The third kappa shape index (κ3) is 9.03. The lowest BCUT2D eigenvalue weighted by Crippen LogP contribution is -2.30. The molecule has 1 atom stereocenters. The maximum Gasteiger partial charge on any atom is 0.272 e. The molecule has 248 valence electrons. The molecule has 0 bridgehead atoms. The number of hydrogen-bond acceptors (Lipinski definition) is 6. The second kappa shape index (κ2) is 16.4. The van der Waals surface area contributed by atoms with Crippen molar-refractivity contribution in [2.45, 2.75) is 17.1 Å². The first-order valence-corrected chi connectivity index (χ1v) is 18.1. The first-order valence-electron chi connectivity index (χ1n) is 15.6. The van der Waals surface area contributed by atoms with Crippen molar-refractivity contribution in [1.29, 1.82) is 0 Å². The number of aromatic nitrogens is 1. The van der Waals surface area contributed by atoms with Gasteiger partial charge in [0.2, 0.25) is 5.91 Å². The summed E-state index contributed by atoms with van der Waals surface area (Å²) in [6.07, 6.45) is 1.62. The van der Waals surface area contributed by atoms with Gasteiger partial charge < -0.3 is 16.0 Å². The largest absolute Gasteiger partial charge is 0.321 e. The smallest absolute Gasteiger partial charge is 0.272 e. The second-order valence-corrected chi connectivity index (χ2v) is 14.4. The van der Waals surface area contributed by atoms with Gasteiger partial charge in [-0.2, -0.15) is 0 Å². The summed E-state index contributed by atoms with van der Waals surface area (Å²) in [7, 11) is 0. The van der Waals surface area contributed by atoms with Crippen LogP contribution in [-0.4, -0.2) is 22.7 Å². The minimum atomic E-state index is -0.608. The fourth-order valence-corrected chi connectivity index (χ4v) is 7.41. The Balaban J connectivity index is 1.22. The van der Waals surface area contributed by atoms with Gasteiger partial charge in [0.25, 0.3) is 11.8 Å². The molecule has 0 spiro atoms. The van der Waals surface area contributed by atoms with E-state index in [0.717, 1.165) is 36.6 Å². The molecule has 1 aromatic heterocycles. The van der Waals surface area contributed by atoms with Crippen LogP contribution >= 0.6 is 39.0 Å². The molecular weight excluding hydrogens is 729 g/mol. The number of nitrogens with one attached hydrogen (secondary N) is 3. The Labute approximate surface area is 307 Å². The van der Waals surface area contributed by atoms with Gasteiger partial charge in [0, 0.05) is 31.1 Å². The Kier molecular flexibility index (Phi) is 11.3. The Bertz CT molecular complexity index is 2160. The second-order valence-electron chi connectivity index (χ2n) is 11.1. The summed E-state index contributed by atoms with van der Waals surface area (Å²) in [5.74, 6) is -1.12. The SMILES string of the molecule is Cc1sc(NC(=O)C(Sc2cccc(NC(=O)/C(=C\c3cccc(Br)c3)NC(=O)c3ccccc3)c2)c2ccccc2)nc1-c1ccccc1. The van der Waals surface area contributed by atoms with Crippen molar-refractivity contribution in [3.63, 3.8) is 0 Å². The van der Waals surface area contributed by atoms with Crippen LogP contribution in [0.5, 0.6) is 0 Å². The molecule has 3 amide bonds. The molecule has 50 heavy (non-hydrogen) atoms. The number of aryl methyl sites for hydroxylation is 1. The fraction of sp³-hybridized carbons (Fsp3) is 0.0500. The average Bonchev–Trinajstić information content (AvgIpc) is 3.50. The molecule has 0 saturated heterocycles. The van der Waals surface area contributed by atoms with Gasteiger partial charge in [0.1, 0.15) is 10.9 Å². The van der Waals surface area contributed by atoms with Crippen molar-refractivity contribution < 1.29 is 14.4 Å². The number of thioether (sulfide) groups is 1. The molecule has 10 heteroatoms. The normalized spacial score (nSPS) is 11.8. The highest BCUT2D eigenvalue weighted by atomic mass is 79.9. The molecule has 5 aromatic carbocycles. The van der Waals surface area contributed by atoms with Gasteiger partial charge in [-0.1, -0.05) is 113 Å². The summed E-state index contributed by atoms with van der Waals surface area (Å²) in [5, 5.41) is 8.66. The standard InChI is InChI=1S/C40H31BrN4O3S2/c1-26-35(28-14-5-2-6-15-28)44-40(49-26)45-39(48)36(29-16-7-3-8-17-29)50-33-22-12-21-32(25-33)42-38(47)34(24-27-13-11-20-31(41)23-27)43-37(46)30-18-9-4-10-19-30/h2-25,36H,1H3,(H,42,47)(H,43,46)(H,44,45,48)/b34-24+. The van der Waals surface area contributed by atoms with Crippen molar-refractivity contribution in [1.82, 2.24) is 10.3 Å². The van der Waals surface area contributed by atoms with E-state index in [9.17, 15) is 14.4 Å². The average molecular weight is 760 g/mol. The molecule has 1 unspecified atom stereocenters. The molecule has 0 radical (unpaired) electrons. The van der Waals surface area contributed by atoms with Gasteiger partial charge in [-0.15, -0.1) is 23.1 Å². The first kappa shape index (κ1) is 34.6. The lowest BCUT2D eigenvalue weighted by molar-refractivity contribution is -0.116. The lowest BCUT2D eigenvalue weighted by atomic mass is 10.1. The molecule has 6 aromatic rings. The maximum absolute atomic E-state index is 13.9. The number of carbonyl (C=O) groups is 3. The predicted octanol–water partition coefficient (Wildman–Crippen LogP) is 9.76. The minimum Gasteiger partial charge on any atom is -0.321 e. The van der Waals surface area contributed by atoms with Crippen molar-refractivity contribution in [3.8, 4) is 11.3 Å². The quantitative estimate of drug-likeness (QED) is 0.0903. The first-order chi connectivity index (χ1) is 24.3. The van der Waals surface area contributed by atoms with Crippen LogP contribution in [0.4, 0.5) is 10.8 Å². The van der Waals surface area contributed by atoms with Gasteiger partial charge in [0.05, 0.1) is 5.69 Å². The number of thiazole rings is 1. The maximum atomic E-state index is 13.9. The predicted molar refractivity (Wildman–Crippen MR) is 207 cm³/mol. The number of nitrogens with zero attached hydrogens (tertiary/aromatic N) is 1. The molecule has 0 aliphatic heterocycles. The van der Waals surface area contributed by atoms with Gasteiger partial charge >= 0.3 is 0 Å². The van der Waals surface area contributed by atoms with Crippen LogP contribution in [0.2, 0.25) is 0 Å². The molecule has 3 N–H and O–H groups in total. The molecule has 6 rings (SSSR count). The summed E-state index contributed by atoms with van der Waals surface area (Å²) in [5.41, 5.74) is 4.38. The van der Waals surface area contributed by atoms with Gasteiger partial charge in [-0.05, 0) is 66.6 Å². The Hall–Kier alpha value is -5.29. The monoisotopic (exact) mass is 758 g/mol. The van der Waals surface area contributed by atoms with Crippen LogP contribution in [-0.2, 0) is 9.59 Å². The minimum absolute atomic E-state index is 0.0742. The van der Waals surface area contributed by atoms with Crippen molar-refractivity contribution in [2.24, 2.45) is 0 Å². The third-order valence-electron chi connectivity index (χ3n) is 7.45. The highest BCUT2D eigenvalue weighted by Gasteiger charge is 2.24. The summed E-state index contributed by atoms with van der Waals surface area (Å²) in [4.78, 5) is 47.1. The molecule has 0 aliphatic carbocycles. The fourth-order valence-electron chi connectivity index (χ4n) is 5.07. The lowest BCUT2D eigenvalue weighted by Gasteiger charge is -2.17. The van der Waals surface area contributed by atoms with Crippen LogP contribution in [0.25, 0.3) is 17.3 Å². The van der Waals surface area contributed by atoms with E-state index in [1.165, 1.54) is 23.1 Å². The van der Waals surface area contributed by atoms with E-state index in [1.807, 2.05) is 116 Å². The number of rotatable bonds is 11. The molecular formula is C40H31BrN4O3S2. The summed E-state index contributed by atoms with van der Waals surface area (Å²) in [6, 6.07) is 42.8. The van der Waals surface area contributed by atoms with Crippen LogP contribution in [0.1, 0.15) is 31.6 Å². The summed E-state index contributed by atoms with van der Waals surface area (Å²) >= 11 is 6.26. The van der Waals surface area contributed by atoms with E-state index in [1.54, 1.807) is 36.4 Å². The molecule has 0 saturated carbocycles. The molecule has 0 aliphatic rings. The third-order valence-corrected chi connectivity index (χ3v) is 10.1. The number of halogens is 1. The highest BCUT2D eigenvalue weighted by molar-refractivity contribution is 9.10. The number of anilines is 2. The van der Waals surface area contributed by atoms with Crippen molar-refractivity contribution in [2.75, 3.05) is 10.6 Å². The molecule has 1 heterocycles. The van der Waals surface area contributed by atoms with Gasteiger partial charge in [-0.25, -0.2) is 4.98 Å². The van der Waals surface area contributed by atoms with E-state index >= 15 is 0 Å². The Morgan fingerprint density at radius 2 is 1.46 bits per heavy atom. The molecule has 0 fully saturated rings. The number of amides is 3. The zero-order valence-corrected chi connectivity index (χ0v) is 30.0. The van der Waals surface area contributed by atoms with Crippen LogP contribution in [0.15, 0.2) is 155 Å². The van der Waals surface area contributed by atoms with E-state index in [0.29, 0.717) is 16.4 Å². The van der Waals surface area contributed by atoms with E-state index < -0.39 is 17.1 Å². The van der Waals surface area contributed by atoms with Gasteiger partial charge in [0.15, 0.2) is 5.13 Å². The van der Waals surface area contributed by atoms with Crippen LogP contribution in [0, 0.1) is 6.92 Å².